The Bertz CT molecular complexity index is 978. The van der Waals surface area contributed by atoms with E-state index in [2.05, 4.69) is 0 Å². The first-order valence-corrected chi connectivity index (χ1v) is 7.96. The molecule has 128 valence electrons. The highest BCUT2D eigenvalue weighted by Gasteiger charge is 2.19. The van der Waals surface area contributed by atoms with Gasteiger partial charge in [-0.1, -0.05) is 41.9 Å². The van der Waals surface area contributed by atoms with Crippen LogP contribution >= 0.6 is 11.6 Å². The van der Waals surface area contributed by atoms with Crippen LogP contribution in [0.25, 0.3) is 11.0 Å². The van der Waals surface area contributed by atoms with Crippen molar-refractivity contribution in [2.45, 2.75) is 19.6 Å². The monoisotopic (exact) mass is 358 g/mol. The van der Waals surface area contributed by atoms with Crippen LogP contribution in [0.3, 0.4) is 0 Å². The quantitative estimate of drug-likeness (QED) is 0.570. The van der Waals surface area contributed by atoms with E-state index in [1.165, 1.54) is 6.07 Å². The number of fused-ring (bicyclic) bond motifs is 1. The Morgan fingerprint density at radius 1 is 1.24 bits per heavy atom. The summed E-state index contributed by atoms with van der Waals surface area (Å²) in [6.45, 7) is 1.62. The van der Waals surface area contributed by atoms with Crippen molar-refractivity contribution in [1.29, 1.82) is 0 Å². The topological polar surface area (TPSA) is 76.7 Å². The summed E-state index contributed by atoms with van der Waals surface area (Å²) in [6.07, 6.45) is -1.39. The van der Waals surface area contributed by atoms with Crippen molar-refractivity contribution in [3.8, 4) is 0 Å². The molecular weight excluding hydrogens is 344 g/mol. The number of hydrogen-bond donors (Lipinski definition) is 1. The number of benzene rings is 2. The molecule has 3 aromatic rings. The van der Waals surface area contributed by atoms with Crippen molar-refractivity contribution in [2.24, 2.45) is 0 Å². The van der Waals surface area contributed by atoms with E-state index in [-0.39, 0.29) is 6.61 Å². The van der Waals surface area contributed by atoms with Crippen molar-refractivity contribution >= 4 is 28.5 Å². The molecule has 1 N–H and O–H groups in total. The van der Waals surface area contributed by atoms with Gasteiger partial charge in [-0.3, -0.25) is 0 Å². The number of aliphatic hydroxyl groups is 1. The molecule has 0 saturated carbocycles. The summed E-state index contributed by atoms with van der Waals surface area (Å²) < 4.78 is 10.3. The molecule has 1 atom stereocenters. The second kappa shape index (κ2) is 7.09. The van der Waals surface area contributed by atoms with E-state index in [0.29, 0.717) is 27.1 Å². The largest absolute Gasteiger partial charge is 0.459 e. The van der Waals surface area contributed by atoms with Crippen LogP contribution in [-0.2, 0) is 16.1 Å². The molecule has 0 spiro atoms. The Morgan fingerprint density at radius 2 is 1.96 bits per heavy atom. The second-order valence-corrected chi connectivity index (χ2v) is 6.02. The van der Waals surface area contributed by atoms with E-state index in [0.717, 1.165) is 5.56 Å². The Morgan fingerprint density at radius 3 is 2.68 bits per heavy atom. The Labute approximate surface area is 148 Å². The fourth-order valence-electron chi connectivity index (χ4n) is 2.47. The lowest BCUT2D eigenvalue weighted by Gasteiger charge is -2.12. The van der Waals surface area contributed by atoms with Gasteiger partial charge < -0.3 is 14.3 Å². The summed E-state index contributed by atoms with van der Waals surface area (Å²) in [7, 11) is 0. The summed E-state index contributed by atoms with van der Waals surface area (Å²) in [4.78, 5) is 23.8. The Kier molecular flexibility index (Phi) is 4.88. The smallest absolute Gasteiger partial charge is 0.339 e. The van der Waals surface area contributed by atoms with Crippen molar-refractivity contribution in [3.05, 3.63) is 80.7 Å². The average molecular weight is 359 g/mol. The van der Waals surface area contributed by atoms with Crippen LogP contribution in [-0.4, -0.2) is 11.1 Å². The molecule has 5 nitrogen and oxygen atoms in total. The molecule has 6 heteroatoms. The second-order valence-electron chi connectivity index (χ2n) is 5.61. The maximum absolute atomic E-state index is 12.1. The molecule has 2 aromatic carbocycles. The van der Waals surface area contributed by atoms with Crippen LogP contribution in [0, 0.1) is 6.92 Å². The van der Waals surface area contributed by atoms with Gasteiger partial charge in [0.15, 0.2) is 6.10 Å². The SMILES string of the molecule is Cc1cc2oc(=O)cc(COC(=O)[C@@H](O)c3ccccc3)c2cc1Cl. The normalized spacial score (nSPS) is 12.1. The fraction of sp³-hybridized carbons (Fsp3) is 0.158. The van der Waals surface area contributed by atoms with E-state index < -0.39 is 17.7 Å². The zero-order valence-corrected chi connectivity index (χ0v) is 14.1. The van der Waals surface area contributed by atoms with Crippen molar-refractivity contribution in [2.75, 3.05) is 0 Å². The zero-order valence-electron chi connectivity index (χ0n) is 13.4. The van der Waals surface area contributed by atoms with Crippen LogP contribution in [0.15, 0.2) is 57.7 Å². The predicted octanol–water partition coefficient (Wildman–Crippen LogP) is 3.53. The van der Waals surface area contributed by atoms with Crippen LogP contribution in [0.5, 0.6) is 0 Å². The van der Waals surface area contributed by atoms with Gasteiger partial charge in [0.25, 0.3) is 0 Å². The minimum Gasteiger partial charge on any atom is -0.459 e. The summed E-state index contributed by atoms with van der Waals surface area (Å²) >= 11 is 6.13. The molecule has 0 bridgehead atoms. The number of aliphatic hydroxyl groups excluding tert-OH is 1. The number of ether oxygens (including phenoxy) is 1. The van der Waals surface area contributed by atoms with Gasteiger partial charge in [-0.25, -0.2) is 9.59 Å². The first-order valence-electron chi connectivity index (χ1n) is 7.58. The molecule has 0 saturated heterocycles. The number of carbonyl (C=O) groups is 1. The molecule has 0 aliphatic rings. The lowest BCUT2D eigenvalue weighted by molar-refractivity contribution is -0.155. The Balaban J connectivity index is 1.84. The maximum atomic E-state index is 12.1. The van der Waals surface area contributed by atoms with Gasteiger partial charge >= 0.3 is 11.6 Å². The van der Waals surface area contributed by atoms with Gasteiger partial charge in [-0.05, 0) is 30.2 Å². The van der Waals surface area contributed by atoms with Crippen molar-refractivity contribution in [1.82, 2.24) is 0 Å². The summed E-state index contributed by atoms with van der Waals surface area (Å²) in [5.41, 5.74) is 1.48. The van der Waals surface area contributed by atoms with Crippen LogP contribution in [0.1, 0.15) is 22.8 Å². The lowest BCUT2D eigenvalue weighted by Crippen LogP contribution is -2.16. The number of hydrogen-bond acceptors (Lipinski definition) is 5. The fourth-order valence-corrected chi connectivity index (χ4v) is 2.63. The highest BCUT2D eigenvalue weighted by molar-refractivity contribution is 6.32. The lowest BCUT2D eigenvalue weighted by atomic mass is 10.1. The first-order chi connectivity index (χ1) is 12.0. The van der Waals surface area contributed by atoms with E-state index in [1.54, 1.807) is 49.4 Å². The number of rotatable bonds is 4. The zero-order chi connectivity index (χ0) is 18.0. The van der Waals surface area contributed by atoms with Gasteiger partial charge in [0.05, 0.1) is 0 Å². The highest BCUT2D eigenvalue weighted by Crippen LogP contribution is 2.26. The molecule has 1 heterocycles. The van der Waals surface area contributed by atoms with E-state index in [1.807, 2.05) is 0 Å². The number of esters is 1. The van der Waals surface area contributed by atoms with E-state index in [4.69, 9.17) is 20.8 Å². The molecule has 0 unspecified atom stereocenters. The van der Waals surface area contributed by atoms with Gasteiger partial charge in [-0.2, -0.15) is 0 Å². The third-order valence-corrected chi connectivity index (χ3v) is 4.23. The Hall–Kier alpha value is -2.63. The van der Waals surface area contributed by atoms with Crippen LogP contribution in [0.4, 0.5) is 0 Å². The predicted molar refractivity (Wildman–Crippen MR) is 93.4 cm³/mol. The molecule has 0 fully saturated rings. The van der Waals surface area contributed by atoms with Crippen molar-refractivity contribution in [3.63, 3.8) is 0 Å². The highest BCUT2D eigenvalue weighted by atomic mass is 35.5. The standard InChI is InChI=1S/C19H15ClO5/c1-11-7-16-14(9-15(11)20)13(8-17(21)25-16)10-24-19(23)18(22)12-5-3-2-4-6-12/h2-9,18,22H,10H2,1H3/t18-/m0/s1. The van der Waals surface area contributed by atoms with Crippen molar-refractivity contribution < 1.29 is 19.1 Å². The molecule has 25 heavy (non-hydrogen) atoms. The maximum Gasteiger partial charge on any atom is 0.339 e. The summed E-state index contributed by atoms with van der Waals surface area (Å²) in [6, 6.07) is 13.0. The van der Waals surface area contributed by atoms with Gasteiger partial charge in [0.2, 0.25) is 0 Å². The van der Waals surface area contributed by atoms with E-state index in [9.17, 15) is 14.7 Å². The molecule has 0 aliphatic heterocycles. The molecule has 0 radical (unpaired) electrons. The van der Waals surface area contributed by atoms with Crippen LogP contribution < -0.4 is 5.63 Å². The van der Waals surface area contributed by atoms with Crippen LogP contribution in [0.2, 0.25) is 5.02 Å². The summed E-state index contributed by atoms with van der Waals surface area (Å²) in [5.74, 6) is -0.800. The minimum atomic E-state index is -1.39. The minimum absolute atomic E-state index is 0.176. The van der Waals surface area contributed by atoms with Gasteiger partial charge in [-0.15, -0.1) is 0 Å². The number of aryl methyl sites for hydroxylation is 1. The molecule has 1 aromatic heterocycles. The molecular formula is C19H15ClO5. The summed E-state index contributed by atoms with van der Waals surface area (Å²) in [5, 5.41) is 11.1. The average Bonchev–Trinajstić information content (AvgIpc) is 2.61. The number of halogens is 1. The molecule has 0 aliphatic carbocycles. The van der Waals surface area contributed by atoms with Gasteiger partial charge in [0, 0.05) is 22.0 Å². The van der Waals surface area contributed by atoms with Gasteiger partial charge in [0.1, 0.15) is 12.2 Å². The van der Waals surface area contributed by atoms with E-state index >= 15 is 0 Å². The molecule has 3 rings (SSSR count). The third-order valence-electron chi connectivity index (χ3n) is 3.82. The first kappa shape index (κ1) is 17.2. The molecule has 0 amide bonds. The number of carbonyl (C=O) groups excluding carboxylic acids is 1. The third kappa shape index (κ3) is 3.73.